The Morgan fingerprint density at radius 2 is 0.511 bits per heavy atom. The van der Waals surface area contributed by atoms with Gasteiger partial charge >= 0.3 is 19.8 Å². The highest BCUT2D eigenvalue weighted by Crippen LogP contribution is 2.43. The number of phosphoric acid groups is 1. The van der Waals surface area contributed by atoms with Crippen LogP contribution in [0, 0.1) is 0 Å². The zero-order chi connectivity index (χ0) is 64.1. The number of unbranched alkanes of at least 4 members (excludes halogenated alkanes) is 62. The number of phosphoric ester groups is 1. The van der Waals surface area contributed by atoms with Gasteiger partial charge in [-0.15, -0.1) is 0 Å². The van der Waals surface area contributed by atoms with Crippen LogP contribution in [-0.4, -0.2) is 74.9 Å². The molecule has 0 saturated heterocycles. The molecule has 0 radical (unpaired) electrons. The van der Waals surface area contributed by atoms with Gasteiger partial charge in [-0.2, -0.15) is 0 Å². The normalized spacial score (nSPS) is 12.9. The molecule has 0 aromatic carbocycles. The summed E-state index contributed by atoms with van der Waals surface area (Å²) in [6.07, 6.45) is 86.9. The van der Waals surface area contributed by atoms with Gasteiger partial charge in [0, 0.05) is 12.8 Å². The van der Waals surface area contributed by atoms with Gasteiger partial charge in [0.05, 0.1) is 27.7 Å². The second kappa shape index (κ2) is 70.3. The second-order valence-corrected chi connectivity index (χ2v) is 30.3. The highest BCUT2D eigenvalue weighted by molar-refractivity contribution is 7.47. The molecule has 0 aromatic rings. The van der Waals surface area contributed by atoms with Crippen LogP contribution in [-0.2, 0) is 32.7 Å². The maximum absolute atomic E-state index is 12.9. The summed E-state index contributed by atoms with van der Waals surface area (Å²) < 4.78 is 34.8. The Labute approximate surface area is 550 Å². The summed E-state index contributed by atoms with van der Waals surface area (Å²) in [5.41, 5.74) is 0. The van der Waals surface area contributed by atoms with E-state index in [4.69, 9.17) is 18.5 Å². The van der Waals surface area contributed by atoms with Crippen LogP contribution in [0.2, 0.25) is 0 Å². The van der Waals surface area contributed by atoms with Crippen molar-refractivity contribution in [1.29, 1.82) is 0 Å². The third-order valence-corrected chi connectivity index (χ3v) is 19.6. The van der Waals surface area contributed by atoms with Gasteiger partial charge in [-0.1, -0.05) is 412 Å². The van der Waals surface area contributed by atoms with E-state index in [0.29, 0.717) is 17.4 Å². The van der Waals surface area contributed by atoms with Crippen LogP contribution >= 0.6 is 7.82 Å². The lowest BCUT2D eigenvalue weighted by molar-refractivity contribution is -0.870. The lowest BCUT2D eigenvalue weighted by Gasteiger charge is -2.24. The van der Waals surface area contributed by atoms with Crippen LogP contribution in [0.5, 0.6) is 0 Å². The van der Waals surface area contributed by atoms with Crippen LogP contribution < -0.4 is 0 Å². The first-order chi connectivity index (χ1) is 43.0. The van der Waals surface area contributed by atoms with Crippen molar-refractivity contribution in [1.82, 2.24) is 0 Å². The molecule has 0 bridgehead atoms. The molecule has 2 unspecified atom stereocenters. The standard InChI is InChI=1S/C78H156NO8P/c1-6-8-10-12-14-16-18-20-22-24-26-28-30-32-34-36-38-39-40-41-43-45-47-49-51-53-55-57-59-61-63-65-67-69-71-78(81)87-76(75-86-88(82,83)85-73-72-79(3,4)5)74-84-77(80)70-68-66-64-62-60-58-56-54-52-50-48-46-44-42-37-35-33-31-29-27-25-23-21-19-17-15-13-11-9-7-2/h76H,6-75H2,1-5H3/p+1. The molecule has 0 aliphatic rings. The maximum Gasteiger partial charge on any atom is 0.472 e. The van der Waals surface area contributed by atoms with Crippen LogP contribution in [0.25, 0.3) is 0 Å². The van der Waals surface area contributed by atoms with Crippen LogP contribution in [0.3, 0.4) is 0 Å². The van der Waals surface area contributed by atoms with Gasteiger partial charge in [0.25, 0.3) is 0 Å². The fourth-order valence-electron chi connectivity index (χ4n) is 12.6. The Morgan fingerprint density at radius 3 is 0.727 bits per heavy atom. The van der Waals surface area contributed by atoms with Crippen molar-refractivity contribution in [2.75, 3.05) is 47.5 Å². The Kier molecular flexibility index (Phi) is 69.5. The van der Waals surface area contributed by atoms with Crippen molar-refractivity contribution in [3.05, 3.63) is 0 Å². The molecule has 0 saturated carbocycles. The summed E-state index contributed by atoms with van der Waals surface area (Å²) in [6, 6.07) is 0. The summed E-state index contributed by atoms with van der Waals surface area (Å²) >= 11 is 0. The monoisotopic (exact) mass is 1270 g/mol. The number of hydrogen-bond acceptors (Lipinski definition) is 7. The van der Waals surface area contributed by atoms with E-state index in [1.165, 1.54) is 372 Å². The summed E-state index contributed by atoms with van der Waals surface area (Å²) in [5.74, 6) is -0.764. The molecule has 0 rings (SSSR count). The van der Waals surface area contributed by atoms with E-state index in [1.54, 1.807) is 0 Å². The van der Waals surface area contributed by atoms with Gasteiger partial charge in [0.15, 0.2) is 6.10 Å². The smallest absolute Gasteiger partial charge is 0.462 e. The van der Waals surface area contributed by atoms with Crippen molar-refractivity contribution in [2.24, 2.45) is 0 Å². The zero-order valence-corrected chi connectivity index (χ0v) is 61.2. The molecule has 0 fully saturated rings. The average Bonchev–Trinajstić information content (AvgIpc) is 3.68. The first kappa shape index (κ1) is 87.0. The molecule has 0 aliphatic heterocycles. The van der Waals surface area contributed by atoms with E-state index in [-0.39, 0.29) is 25.6 Å². The lowest BCUT2D eigenvalue weighted by atomic mass is 10.0. The number of carbonyl (C=O) groups is 2. The molecular formula is C78H157NO8P+. The number of rotatable bonds is 76. The zero-order valence-electron chi connectivity index (χ0n) is 60.3. The van der Waals surface area contributed by atoms with E-state index in [0.717, 1.165) is 38.5 Å². The fourth-order valence-corrected chi connectivity index (χ4v) is 13.3. The highest BCUT2D eigenvalue weighted by Gasteiger charge is 2.27. The van der Waals surface area contributed by atoms with E-state index in [2.05, 4.69) is 13.8 Å². The molecule has 526 valence electrons. The molecule has 88 heavy (non-hydrogen) atoms. The van der Waals surface area contributed by atoms with Crippen molar-refractivity contribution < 1.29 is 42.1 Å². The van der Waals surface area contributed by atoms with E-state index in [9.17, 15) is 19.0 Å². The predicted octanol–water partition coefficient (Wildman–Crippen LogP) is 26.1. The molecule has 0 amide bonds. The molecule has 9 nitrogen and oxygen atoms in total. The second-order valence-electron chi connectivity index (χ2n) is 28.8. The van der Waals surface area contributed by atoms with Crippen molar-refractivity contribution in [2.45, 2.75) is 444 Å². The molecular weight excluding hydrogens is 1110 g/mol. The summed E-state index contributed by atoms with van der Waals surface area (Å²) in [7, 11) is 1.51. The summed E-state index contributed by atoms with van der Waals surface area (Å²) in [6.45, 7) is 4.54. The van der Waals surface area contributed by atoms with Crippen LogP contribution in [0.1, 0.15) is 438 Å². The molecule has 1 N–H and O–H groups in total. The van der Waals surface area contributed by atoms with Gasteiger partial charge < -0.3 is 18.9 Å². The van der Waals surface area contributed by atoms with Crippen LogP contribution in [0.4, 0.5) is 0 Å². The topological polar surface area (TPSA) is 108 Å². The molecule has 2 atom stereocenters. The first-order valence-corrected chi connectivity index (χ1v) is 41.3. The summed E-state index contributed by atoms with van der Waals surface area (Å²) in [5, 5.41) is 0. The number of nitrogens with zero attached hydrogens (tertiary/aromatic N) is 1. The molecule has 10 heteroatoms. The SMILES string of the molecule is CCCCCCCCCCCCCCCCCCCCCCCCCCCCCCCCCCCCC(=O)OC(COC(=O)CCCCCCCCCCCCCCCCCCCCCCCCCCCCCCCC)COP(=O)(O)OCC[N+](C)(C)C. The van der Waals surface area contributed by atoms with E-state index >= 15 is 0 Å². The summed E-state index contributed by atoms with van der Waals surface area (Å²) in [4.78, 5) is 36.0. The van der Waals surface area contributed by atoms with Crippen molar-refractivity contribution in [3.8, 4) is 0 Å². The van der Waals surface area contributed by atoms with Gasteiger partial charge in [-0.3, -0.25) is 18.6 Å². The first-order valence-electron chi connectivity index (χ1n) is 39.8. The molecule has 0 aliphatic carbocycles. The van der Waals surface area contributed by atoms with Gasteiger partial charge in [0.1, 0.15) is 19.8 Å². The minimum absolute atomic E-state index is 0.0379. The number of esters is 2. The Balaban J connectivity index is 3.89. The van der Waals surface area contributed by atoms with Crippen molar-refractivity contribution in [3.63, 3.8) is 0 Å². The maximum atomic E-state index is 12.9. The fraction of sp³-hybridized carbons (Fsp3) is 0.974. The van der Waals surface area contributed by atoms with Gasteiger partial charge in [-0.25, -0.2) is 4.57 Å². The number of quaternary nitrogens is 1. The number of ether oxygens (including phenoxy) is 2. The Bertz CT molecular complexity index is 1440. The largest absolute Gasteiger partial charge is 0.472 e. The van der Waals surface area contributed by atoms with Gasteiger partial charge in [-0.05, 0) is 12.8 Å². The minimum Gasteiger partial charge on any atom is -0.462 e. The van der Waals surface area contributed by atoms with Crippen LogP contribution in [0.15, 0.2) is 0 Å². The van der Waals surface area contributed by atoms with Crippen molar-refractivity contribution >= 4 is 19.8 Å². The van der Waals surface area contributed by atoms with Gasteiger partial charge in [0.2, 0.25) is 0 Å². The minimum atomic E-state index is -4.39. The number of hydrogen-bond donors (Lipinski definition) is 1. The number of carbonyl (C=O) groups excluding carboxylic acids is 2. The van der Waals surface area contributed by atoms with E-state index < -0.39 is 26.5 Å². The Hall–Kier alpha value is -0.990. The number of likely N-dealkylation sites (N-methyl/N-ethyl adjacent to an activating group) is 1. The third-order valence-electron chi connectivity index (χ3n) is 18.6. The average molecular weight is 1270 g/mol. The molecule has 0 aromatic heterocycles. The molecule has 0 heterocycles. The Morgan fingerprint density at radius 1 is 0.307 bits per heavy atom. The van der Waals surface area contributed by atoms with E-state index in [1.807, 2.05) is 21.1 Å². The third kappa shape index (κ3) is 74.1. The highest BCUT2D eigenvalue weighted by atomic mass is 31.2. The quantitative estimate of drug-likeness (QED) is 0.0278. The predicted molar refractivity (Wildman–Crippen MR) is 382 cm³/mol. The lowest BCUT2D eigenvalue weighted by Crippen LogP contribution is -2.37. The molecule has 0 spiro atoms.